The number of nitrogens with zero attached hydrogens (tertiary/aromatic N) is 1. The van der Waals surface area contributed by atoms with Gasteiger partial charge >= 0.3 is 0 Å². The Balaban J connectivity index is 0. The van der Waals surface area contributed by atoms with E-state index in [4.69, 9.17) is 0 Å². The van der Waals surface area contributed by atoms with Crippen LogP contribution in [0.5, 0.6) is 0 Å². The number of aliphatic imine (C=N–C) groups is 1. The zero-order valence-electron chi connectivity index (χ0n) is 14.7. The molecule has 0 saturated carbocycles. The average molecular weight is 426 g/mol. The molecule has 3 N–H and O–H groups in total. The van der Waals surface area contributed by atoms with Gasteiger partial charge in [-0.1, -0.05) is 33.6 Å². The third-order valence-electron chi connectivity index (χ3n) is 3.02. The van der Waals surface area contributed by atoms with Crippen molar-refractivity contribution in [3.05, 3.63) is 0 Å². The first-order valence-corrected chi connectivity index (χ1v) is 8.39. The summed E-state index contributed by atoms with van der Waals surface area (Å²) in [6.07, 6.45) is 5.06. The lowest BCUT2D eigenvalue weighted by Crippen LogP contribution is -2.39. The predicted molar refractivity (Wildman–Crippen MR) is 106 cm³/mol. The van der Waals surface area contributed by atoms with E-state index in [0.29, 0.717) is 13.0 Å². The SMILES string of the molecule is CCCNC(=O)CCNC(=NCCCCC(C)C)NCC.I. The maximum Gasteiger partial charge on any atom is 0.221 e. The number of hydrogen-bond acceptors (Lipinski definition) is 2. The molecule has 5 nitrogen and oxygen atoms in total. The summed E-state index contributed by atoms with van der Waals surface area (Å²) < 4.78 is 0. The molecular formula is C16H35IN4O. The molecule has 0 aromatic carbocycles. The Bertz CT molecular complexity index is 296. The number of carbonyl (C=O) groups is 1. The number of amides is 1. The molecule has 0 fully saturated rings. The van der Waals surface area contributed by atoms with Crippen LogP contribution in [0, 0.1) is 5.92 Å². The Morgan fingerprint density at radius 2 is 1.77 bits per heavy atom. The molecule has 0 aliphatic rings. The minimum absolute atomic E-state index is 0. The molecule has 0 rings (SSSR count). The van der Waals surface area contributed by atoms with Gasteiger partial charge in [0.2, 0.25) is 5.91 Å². The van der Waals surface area contributed by atoms with Gasteiger partial charge in [-0.3, -0.25) is 9.79 Å². The Morgan fingerprint density at radius 1 is 1.05 bits per heavy atom. The van der Waals surface area contributed by atoms with Crippen molar-refractivity contribution >= 4 is 35.8 Å². The first-order valence-electron chi connectivity index (χ1n) is 8.39. The Morgan fingerprint density at radius 3 is 2.36 bits per heavy atom. The van der Waals surface area contributed by atoms with Crippen LogP contribution >= 0.6 is 24.0 Å². The molecule has 0 bridgehead atoms. The fraction of sp³-hybridized carbons (Fsp3) is 0.875. The van der Waals surface area contributed by atoms with Crippen molar-refractivity contribution in [2.75, 3.05) is 26.2 Å². The van der Waals surface area contributed by atoms with E-state index in [1.807, 2.05) is 13.8 Å². The molecule has 22 heavy (non-hydrogen) atoms. The van der Waals surface area contributed by atoms with Gasteiger partial charge in [-0.05, 0) is 25.7 Å². The second-order valence-electron chi connectivity index (χ2n) is 5.68. The van der Waals surface area contributed by atoms with Crippen LogP contribution in [0.3, 0.4) is 0 Å². The Kier molecular flexibility index (Phi) is 18.2. The van der Waals surface area contributed by atoms with Crippen LogP contribution in [0.15, 0.2) is 4.99 Å². The van der Waals surface area contributed by atoms with Crippen molar-refractivity contribution in [1.82, 2.24) is 16.0 Å². The van der Waals surface area contributed by atoms with Gasteiger partial charge < -0.3 is 16.0 Å². The summed E-state index contributed by atoms with van der Waals surface area (Å²) in [7, 11) is 0. The van der Waals surface area contributed by atoms with Crippen LogP contribution in [0.25, 0.3) is 0 Å². The number of halogens is 1. The fourth-order valence-corrected chi connectivity index (χ4v) is 1.84. The molecule has 0 aliphatic carbocycles. The van der Waals surface area contributed by atoms with Crippen LogP contribution in [0.4, 0.5) is 0 Å². The molecule has 132 valence electrons. The minimum Gasteiger partial charge on any atom is -0.357 e. The molecule has 0 radical (unpaired) electrons. The molecule has 0 heterocycles. The topological polar surface area (TPSA) is 65.5 Å². The van der Waals surface area contributed by atoms with Crippen LogP contribution in [-0.4, -0.2) is 38.0 Å². The van der Waals surface area contributed by atoms with Crippen LogP contribution < -0.4 is 16.0 Å². The Hall–Kier alpha value is -0.530. The van der Waals surface area contributed by atoms with Gasteiger partial charge in [0.1, 0.15) is 0 Å². The van der Waals surface area contributed by atoms with Gasteiger partial charge in [-0.2, -0.15) is 0 Å². The summed E-state index contributed by atoms with van der Waals surface area (Å²) in [5.41, 5.74) is 0. The number of nitrogens with one attached hydrogen (secondary N) is 3. The van der Waals surface area contributed by atoms with Crippen LogP contribution in [0.1, 0.15) is 59.8 Å². The second kappa shape index (κ2) is 16.8. The lowest BCUT2D eigenvalue weighted by atomic mass is 10.1. The standard InChI is InChI=1S/C16H34N4O.HI/c1-5-11-18-15(21)10-13-20-16(17-6-2)19-12-8-7-9-14(3)4;/h14H,5-13H2,1-4H3,(H,18,21)(H2,17,19,20);1H. The van der Waals surface area contributed by atoms with Crippen molar-refractivity contribution in [3.8, 4) is 0 Å². The van der Waals surface area contributed by atoms with E-state index in [0.717, 1.165) is 44.4 Å². The number of hydrogen-bond donors (Lipinski definition) is 3. The number of carbonyl (C=O) groups excluding carboxylic acids is 1. The molecule has 0 atom stereocenters. The quantitative estimate of drug-likeness (QED) is 0.206. The first kappa shape index (κ1) is 23.7. The summed E-state index contributed by atoms with van der Waals surface area (Å²) in [6.45, 7) is 11.6. The molecule has 0 aromatic heterocycles. The van der Waals surface area contributed by atoms with Crippen molar-refractivity contribution in [2.45, 2.75) is 59.8 Å². The van der Waals surface area contributed by atoms with Crippen molar-refractivity contribution in [3.63, 3.8) is 0 Å². The summed E-state index contributed by atoms with van der Waals surface area (Å²) in [4.78, 5) is 16.0. The van der Waals surface area contributed by atoms with E-state index in [-0.39, 0.29) is 29.9 Å². The van der Waals surface area contributed by atoms with Gasteiger partial charge in [0.05, 0.1) is 0 Å². The van der Waals surface area contributed by atoms with Crippen LogP contribution in [0.2, 0.25) is 0 Å². The number of rotatable bonds is 11. The van der Waals surface area contributed by atoms with Crippen molar-refractivity contribution < 1.29 is 4.79 Å². The van der Waals surface area contributed by atoms with Crippen LogP contribution in [-0.2, 0) is 4.79 Å². The molecule has 0 aromatic rings. The Labute approximate surface area is 153 Å². The maximum atomic E-state index is 11.5. The third kappa shape index (κ3) is 15.9. The summed E-state index contributed by atoms with van der Waals surface area (Å²) in [5.74, 6) is 1.67. The molecule has 0 saturated heterocycles. The van der Waals surface area contributed by atoms with E-state index in [1.165, 1.54) is 12.8 Å². The highest BCUT2D eigenvalue weighted by atomic mass is 127. The number of unbranched alkanes of at least 4 members (excludes halogenated alkanes) is 1. The molecule has 1 amide bonds. The summed E-state index contributed by atoms with van der Waals surface area (Å²) in [5, 5.41) is 9.28. The monoisotopic (exact) mass is 426 g/mol. The van der Waals surface area contributed by atoms with Gasteiger partial charge in [0.15, 0.2) is 5.96 Å². The molecular weight excluding hydrogens is 391 g/mol. The molecule has 0 unspecified atom stereocenters. The van der Waals surface area contributed by atoms with E-state index in [2.05, 4.69) is 34.8 Å². The maximum absolute atomic E-state index is 11.5. The summed E-state index contributed by atoms with van der Waals surface area (Å²) in [6, 6.07) is 0. The second-order valence-corrected chi connectivity index (χ2v) is 5.68. The van der Waals surface area contributed by atoms with Gasteiger partial charge in [0.25, 0.3) is 0 Å². The van der Waals surface area contributed by atoms with E-state index >= 15 is 0 Å². The predicted octanol–water partition coefficient (Wildman–Crippen LogP) is 2.90. The lowest BCUT2D eigenvalue weighted by Gasteiger charge is -2.11. The fourth-order valence-electron chi connectivity index (χ4n) is 1.84. The van der Waals surface area contributed by atoms with Gasteiger partial charge in [-0.25, -0.2) is 0 Å². The normalized spacial score (nSPS) is 11.0. The minimum atomic E-state index is 0. The zero-order chi connectivity index (χ0) is 15.9. The zero-order valence-corrected chi connectivity index (χ0v) is 17.0. The van der Waals surface area contributed by atoms with Crippen molar-refractivity contribution in [2.24, 2.45) is 10.9 Å². The van der Waals surface area contributed by atoms with E-state index in [1.54, 1.807) is 0 Å². The van der Waals surface area contributed by atoms with E-state index < -0.39 is 0 Å². The first-order chi connectivity index (χ1) is 10.1. The highest BCUT2D eigenvalue weighted by molar-refractivity contribution is 14.0. The third-order valence-corrected chi connectivity index (χ3v) is 3.02. The summed E-state index contributed by atoms with van der Waals surface area (Å²) >= 11 is 0. The van der Waals surface area contributed by atoms with E-state index in [9.17, 15) is 4.79 Å². The largest absolute Gasteiger partial charge is 0.357 e. The molecule has 0 aliphatic heterocycles. The lowest BCUT2D eigenvalue weighted by molar-refractivity contribution is -0.120. The van der Waals surface area contributed by atoms with Gasteiger partial charge in [-0.15, -0.1) is 24.0 Å². The average Bonchev–Trinajstić information content (AvgIpc) is 2.44. The smallest absolute Gasteiger partial charge is 0.221 e. The highest BCUT2D eigenvalue weighted by Gasteiger charge is 2.01. The highest BCUT2D eigenvalue weighted by Crippen LogP contribution is 2.05. The molecule has 0 spiro atoms. The number of guanidine groups is 1. The van der Waals surface area contributed by atoms with Crippen molar-refractivity contribution in [1.29, 1.82) is 0 Å². The van der Waals surface area contributed by atoms with Gasteiger partial charge in [0, 0.05) is 32.6 Å². The molecule has 6 heteroatoms.